The van der Waals surface area contributed by atoms with Crippen molar-refractivity contribution in [3.05, 3.63) is 41.9 Å². The second-order valence-corrected chi connectivity index (χ2v) is 5.76. The zero-order valence-corrected chi connectivity index (χ0v) is 13.3. The van der Waals surface area contributed by atoms with E-state index in [2.05, 4.69) is 4.98 Å². The molecule has 3 rings (SSSR count). The summed E-state index contributed by atoms with van der Waals surface area (Å²) in [4.78, 5) is 4.38. The molecule has 1 aromatic carbocycles. The van der Waals surface area contributed by atoms with Gasteiger partial charge in [-0.25, -0.2) is 9.99 Å². The van der Waals surface area contributed by atoms with Crippen LogP contribution in [0.4, 0.5) is 13.2 Å². The van der Waals surface area contributed by atoms with Crippen LogP contribution in [0.1, 0.15) is 17.8 Å². The minimum atomic E-state index is -4.37. The summed E-state index contributed by atoms with van der Waals surface area (Å²) in [5, 5.41) is 13.0. The maximum absolute atomic E-state index is 12.8. The molecule has 24 heavy (non-hydrogen) atoms. The highest BCUT2D eigenvalue weighted by atomic mass is 19.4. The maximum atomic E-state index is 12.8. The van der Waals surface area contributed by atoms with Crippen molar-refractivity contribution in [2.75, 3.05) is 19.7 Å². The van der Waals surface area contributed by atoms with E-state index in [1.54, 1.807) is 7.05 Å². The van der Waals surface area contributed by atoms with Crippen LogP contribution in [0, 0.1) is 0 Å². The summed E-state index contributed by atoms with van der Waals surface area (Å²) in [5.74, 6) is 0.696. The number of imidazole rings is 1. The van der Waals surface area contributed by atoms with Crippen molar-refractivity contribution in [1.82, 2.24) is 19.6 Å². The minimum absolute atomic E-state index is 0.116. The lowest BCUT2D eigenvalue weighted by Gasteiger charge is -2.28. The number of alkyl halides is 3. The average Bonchev–Trinajstić information content (AvgIpc) is 3.09. The first-order valence-electron chi connectivity index (χ1n) is 7.71. The second kappa shape index (κ2) is 6.45. The molecule has 0 radical (unpaired) electrons. The van der Waals surface area contributed by atoms with E-state index in [0.717, 1.165) is 12.1 Å². The average molecular weight is 340 g/mol. The summed E-state index contributed by atoms with van der Waals surface area (Å²) in [6.45, 7) is 2.01. The first kappa shape index (κ1) is 16.8. The van der Waals surface area contributed by atoms with Crippen molar-refractivity contribution < 1.29 is 18.3 Å². The summed E-state index contributed by atoms with van der Waals surface area (Å²) in [6.07, 6.45) is 0.228. The zero-order valence-electron chi connectivity index (χ0n) is 13.3. The van der Waals surface area contributed by atoms with Crippen molar-refractivity contribution in [3.63, 3.8) is 0 Å². The number of fused-ring (bicyclic) bond motifs is 1. The number of aryl methyl sites for hydroxylation is 1. The summed E-state index contributed by atoms with van der Waals surface area (Å²) in [7, 11) is 1.81. The Morgan fingerprint density at radius 3 is 2.79 bits per heavy atom. The Morgan fingerprint density at radius 1 is 1.29 bits per heavy atom. The van der Waals surface area contributed by atoms with E-state index in [9.17, 15) is 13.2 Å². The van der Waals surface area contributed by atoms with Gasteiger partial charge in [0.2, 0.25) is 0 Å². The molecule has 0 atom stereocenters. The molecule has 0 amide bonds. The van der Waals surface area contributed by atoms with Crippen molar-refractivity contribution in [3.8, 4) is 0 Å². The van der Waals surface area contributed by atoms with Gasteiger partial charge in [-0.15, -0.1) is 0 Å². The lowest BCUT2D eigenvalue weighted by molar-refractivity contribution is -0.137. The van der Waals surface area contributed by atoms with E-state index in [0.29, 0.717) is 42.9 Å². The fourth-order valence-corrected chi connectivity index (χ4v) is 2.82. The molecule has 5 nitrogen and oxygen atoms in total. The second-order valence-electron chi connectivity index (χ2n) is 5.76. The third kappa shape index (κ3) is 3.25. The molecule has 0 unspecified atom stereocenters. The Labute approximate surface area is 137 Å². The largest absolute Gasteiger partial charge is 0.416 e. The quantitative estimate of drug-likeness (QED) is 0.908. The van der Waals surface area contributed by atoms with Gasteiger partial charge in [-0.3, -0.25) is 0 Å². The van der Waals surface area contributed by atoms with Gasteiger partial charge in [-0.05, 0) is 24.6 Å². The first-order chi connectivity index (χ1) is 11.4. The van der Waals surface area contributed by atoms with Gasteiger partial charge in [-0.2, -0.15) is 13.2 Å². The Kier molecular flexibility index (Phi) is 4.51. The van der Waals surface area contributed by atoms with Crippen LogP contribution in [0.2, 0.25) is 0 Å². The molecule has 1 N–H and O–H groups in total. The third-order valence-electron chi connectivity index (χ3n) is 4.13. The molecule has 2 heterocycles. The standard InChI is InChI=1S/C16H19F3N4O/c1-21-14-5-4-12(16(17,18)19)10-13(14)20-15(21)11-23-7-2-6-22(23)8-3-9-24/h2,4-6,10,24H,3,7-9,11H2,1H3. The maximum Gasteiger partial charge on any atom is 0.416 e. The number of hydrogen-bond acceptors (Lipinski definition) is 4. The minimum Gasteiger partial charge on any atom is -0.396 e. The highest BCUT2D eigenvalue weighted by molar-refractivity contribution is 5.77. The number of hydrogen-bond donors (Lipinski definition) is 1. The monoisotopic (exact) mass is 340 g/mol. The Morgan fingerprint density at radius 2 is 2.08 bits per heavy atom. The lowest BCUT2D eigenvalue weighted by atomic mass is 10.2. The highest BCUT2D eigenvalue weighted by Crippen LogP contribution is 2.31. The third-order valence-corrected chi connectivity index (χ3v) is 4.13. The van der Waals surface area contributed by atoms with Crippen LogP contribution < -0.4 is 0 Å². The molecule has 0 spiro atoms. The fraction of sp³-hybridized carbons (Fsp3) is 0.438. The summed E-state index contributed by atoms with van der Waals surface area (Å²) < 4.78 is 40.3. The summed E-state index contributed by atoms with van der Waals surface area (Å²) in [6, 6.07) is 3.63. The molecule has 0 saturated carbocycles. The predicted molar refractivity (Wildman–Crippen MR) is 83.7 cm³/mol. The molecule has 130 valence electrons. The van der Waals surface area contributed by atoms with Gasteiger partial charge in [0.15, 0.2) is 0 Å². The van der Waals surface area contributed by atoms with Gasteiger partial charge in [0, 0.05) is 32.9 Å². The van der Waals surface area contributed by atoms with Crippen molar-refractivity contribution in [2.45, 2.75) is 19.1 Å². The molecule has 8 heteroatoms. The van der Waals surface area contributed by atoms with E-state index in [1.165, 1.54) is 6.07 Å². The first-order valence-corrected chi connectivity index (χ1v) is 7.71. The van der Waals surface area contributed by atoms with Gasteiger partial charge in [0.25, 0.3) is 0 Å². The number of benzene rings is 1. The van der Waals surface area contributed by atoms with Gasteiger partial charge in [0.1, 0.15) is 5.82 Å². The number of aromatic nitrogens is 2. The molecule has 1 aliphatic heterocycles. The lowest BCUT2D eigenvalue weighted by Crippen LogP contribution is -2.36. The number of hydrazine groups is 1. The highest BCUT2D eigenvalue weighted by Gasteiger charge is 2.31. The molecule has 0 saturated heterocycles. The van der Waals surface area contributed by atoms with Gasteiger partial charge >= 0.3 is 6.18 Å². The van der Waals surface area contributed by atoms with Crippen molar-refractivity contribution >= 4 is 11.0 Å². The van der Waals surface area contributed by atoms with Crippen LogP contribution in [0.25, 0.3) is 11.0 Å². The molecule has 0 bridgehead atoms. The van der Waals surface area contributed by atoms with E-state index < -0.39 is 11.7 Å². The molecule has 1 aromatic heterocycles. The van der Waals surface area contributed by atoms with Crippen LogP contribution in [0.15, 0.2) is 30.5 Å². The van der Waals surface area contributed by atoms with Crippen molar-refractivity contribution in [1.29, 1.82) is 0 Å². The van der Waals surface area contributed by atoms with Gasteiger partial charge in [0.05, 0.1) is 23.1 Å². The molecular weight excluding hydrogens is 321 g/mol. The number of rotatable bonds is 5. The molecule has 0 fully saturated rings. The van der Waals surface area contributed by atoms with Crippen LogP contribution in [-0.4, -0.2) is 44.4 Å². The topological polar surface area (TPSA) is 44.5 Å². The van der Waals surface area contributed by atoms with E-state index >= 15 is 0 Å². The smallest absolute Gasteiger partial charge is 0.396 e. The normalized spacial score (nSPS) is 15.8. The van der Waals surface area contributed by atoms with Crippen LogP contribution in [-0.2, 0) is 19.8 Å². The van der Waals surface area contributed by atoms with E-state index in [4.69, 9.17) is 5.11 Å². The Bertz CT molecular complexity index is 754. The van der Waals surface area contributed by atoms with Gasteiger partial charge < -0.3 is 14.7 Å². The number of nitrogens with zero attached hydrogens (tertiary/aromatic N) is 4. The zero-order chi connectivity index (χ0) is 17.3. The summed E-state index contributed by atoms with van der Waals surface area (Å²) >= 11 is 0. The Balaban J connectivity index is 1.83. The molecular formula is C16H19F3N4O. The SMILES string of the molecule is Cn1c(CN2CC=CN2CCCO)nc2cc(C(F)(F)F)ccc21. The van der Waals surface area contributed by atoms with Crippen LogP contribution >= 0.6 is 0 Å². The molecule has 2 aromatic rings. The van der Waals surface area contributed by atoms with Crippen molar-refractivity contribution in [2.24, 2.45) is 7.05 Å². The number of aliphatic hydroxyl groups is 1. The Hall–Kier alpha value is -2.06. The molecule has 0 aliphatic carbocycles. The number of halogens is 3. The van der Waals surface area contributed by atoms with E-state index in [-0.39, 0.29) is 6.61 Å². The van der Waals surface area contributed by atoms with Gasteiger partial charge in [-0.1, -0.05) is 6.08 Å². The van der Waals surface area contributed by atoms with Crippen LogP contribution in [0.5, 0.6) is 0 Å². The number of aliphatic hydroxyl groups excluding tert-OH is 1. The fourth-order valence-electron chi connectivity index (χ4n) is 2.82. The van der Waals surface area contributed by atoms with E-state index in [1.807, 2.05) is 26.9 Å². The van der Waals surface area contributed by atoms with Crippen LogP contribution in [0.3, 0.4) is 0 Å². The summed E-state index contributed by atoms with van der Waals surface area (Å²) in [5.41, 5.74) is 0.329. The predicted octanol–water partition coefficient (Wildman–Crippen LogP) is 2.52. The molecule has 1 aliphatic rings.